The molecule has 1 aromatic carbocycles. The Morgan fingerprint density at radius 1 is 1.42 bits per heavy atom. The molecule has 0 fully saturated rings. The average molecular weight is 315 g/mol. The van der Waals surface area contributed by atoms with Gasteiger partial charge in [-0.2, -0.15) is 4.37 Å². The van der Waals surface area contributed by atoms with Crippen LogP contribution in [0.2, 0.25) is 5.15 Å². The molecule has 7 heteroatoms. The zero-order valence-corrected chi connectivity index (χ0v) is 12.7. The van der Waals surface area contributed by atoms with Crippen LogP contribution in [-0.4, -0.2) is 16.4 Å². The fraction of sp³-hybridized carbons (Fsp3) is 0.250. The first-order valence-corrected chi connectivity index (χ1v) is 8.02. The number of hydrogen-bond donors (Lipinski definition) is 0. The summed E-state index contributed by atoms with van der Waals surface area (Å²) < 4.78 is 9.73. The van der Waals surface area contributed by atoms with Gasteiger partial charge in [0, 0.05) is 10.5 Å². The van der Waals surface area contributed by atoms with E-state index in [0.717, 1.165) is 0 Å². The molecule has 0 aliphatic carbocycles. The maximum atomic E-state index is 12.0. The lowest BCUT2D eigenvalue weighted by atomic mass is 10.2. The van der Waals surface area contributed by atoms with Crippen LogP contribution in [0.4, 0.5) is 5.69 Å². The monoisotopic (exact) mass is 314 g/mol. The second-order valence-electron chi connectivity index (χ2n) is 3.93. The number of nitrogens with zero attached hydrogens (tertiary/aromatic N) is 2. The molecule has 1 aromatic heterocycles. The largest absolute Gasteiger partial charge is 0.459 e. The molecule has 0 spiro atoms. The van der Waals surface area contributed by atoms with Gasteiger partial charge < -0.3 is 4.74 Å². The lowest BCUT2D eigenvalue weighted by Gasteiger charge is -2.09. The van der Waals surface area contributed by atoms with E-state index >= 15 is 0 Å². The van der Waals surface area contributed by atoms with E-state index in [2.05, 4.69) is 9.37 Å². The predicted octanol–water partition coefficient (Wildman–Crippen LogP) is 3.66. The molecule has 4 nitrogen and oxygen atoms in total. The van der Waals surface area contributed by atoms with Crippen molar-refractivity contribution in [1.29, 1.82) is 0 Å². The van der Waals surface area contributed by atoms with E-state index in [1.807, 2.05) is 6.07 Å². The summed E-state index contributed by atoms with van der Waals surface area (Å²) in [5.74, 6) is -0.390. The Morgan fingerprint density at radius 2 is 2.16 bits per heavy atom. The standard InChI is InChI=1S/C12H11ClN2O2S2/c1-7(2)17-12(16)8-5-3-4-6-9(8)14-11-10(13)15-19-18-11/h3-7H,1-2H3. The molecule has 2 aromatic rings. The van der Waals surface area contributed by atoms with Crippen molar-refractivity contribution in [3.8, 4) is 0 Å². The molecule has 0 unspecified atom stereocenters. The smallest absolute Gasteiger partial charge is 0.340 e. The summed E-state index contributed by atoms with van der Waals surface area (Å²) in [7, 11) is 2.62. The van der Waals surface area contributed by atoms with Crippen molar-refractivity contribution in [1.82, 2.24) is 4.37 Å². The summed E-state index contributed by atoms with van der Waals surface area (Å²) >= 11 is 5.91. The van der Waals surface area contributed by atoms with Crippen molar-refractivity contribution in [3.63, 3.8) is 0 Å². The molecule has 0 saturated carbocycles. The lowest BCUT2D eigenvalue weighted by molar-refractivity contribution is 0.0379. The fourth-order valence-corrected chi connectivity index (χ4v) is 3.34. The molecule has 0 saturated heterocycles. The van der Waals surface area contributed by atoms with E-state index in [9.17, 15) is 4.79 Å². The van der Waals surface area contributed by atoms with Crippen LogP contribution in [-0.2, 0) is 4.74 Å². The number of rotatable bonds is 3. The van der Waals surface area contributed by atoms with Gasteiger partial charge >= 0.3 is 5.97 Å². The van der Waals surface area contributed by atoms with E-state index in [0.29, 0.717) is 21.1 Å². The van der Waals surface area contributed by atoms with Crippen LogP contribution >= 0.6 is 32.5 Å². The van der Waals surface area contributed by atoms with E-state index in [1.165, 1.54) is 20.9 Å². The van der Waals surface area contributed by atoms with Gasteiger partial charge in [-0.05, 0) is 36.3 Å². The number of esters is 1. The first-order valence-electron chi connectivity index (χ1n) is 5.54. The van der Waals surface area contributed by atoms with Gasteiger partial charge in [-0.3, -0.25) is 0 Å². The summed E-state index contributed by atoms with van der Waals surface area (Å²) in [4.78, 5) is 16.3. The van der Waals surface area contributed by atoms with Gasteiger partial charge in [-0.1, -0.05) is 23.7 Å². The van der Waals surface area contributed by atoms with Crippen molar-refractivity contribution in [2.75, 3.05) is 0 Å². The zero-order valence-electron chi connectivity index (χ0n) is 10.3. The lowest BCUT2D eigenvalue weighted by Crippen LogP contribution is -2.12. The molecular formula is C12H11ClN2O2S2. The summed E-state index contributed by atoms with van der Waals surface area (Å²) in [6.07, 6.45) is -0.172. The Hall–Kier alpha value is -1.24. The van der Waals surface area contributed by atoms with Gasteiger partial charge in [0.2, 0.25) is 0 Å². The maximum Gasteiger partial charge on any atom is 0.340 e. The molecule has 19 heavy (non-hydrogen) atoms. The third kappa shape index (κ3) is 3.62. The Morgan fingerprint density at radius 3 is 2.79 bits per heavy atom. The molecule has 100 valence electrons. The number of hydrogen-bond acceptors (Lipinski definition) is 6. The zero-order chi connectivity index (χ0) is 13.8. The average Bonchev–Trinajstić information content (AvgIpc) is 2.75. The van der Waals surface area contributed by atoms with Crippen LogP contribution in [0.5, 0.6) is 0 Å². The first-order chi connectivity index (χ1) is 9.08. The maximum absolute atomic E-state index is 12.0. The van der Waals surface area contributed by atoms with Crippen LogP contribution < -0.4 is 4.67 Å². The minimum absolute atomic E-state index is 0.172. The summed E-state index contributed by atoms with van der Waals surface area (Å²) in [5.41, 5.74) is 0.956. The van der Waals surface area contributed by atoms with Gasteiger partial charge in [0.1, 0.15) is 0 Å². The third-order valence-corrected chi connectivity index (χ3v) is 4.27. The van der Waals surface area contributed by atoms with Gasteiger partial charge in [0.15, 0.2) is 9.82 Å². The molecular weight excluding hydrogens is 304 g/mol. The quantitative estimate of drug-likeness (QED) is 0.642. The van der Waals surface area contributed by atoms with Gasteiger partial charge in [0.25, 0.3) is 0 Å². The molecule has 0 N–H and O–H groups in total. The van der Waals surface area contributed by atoms with Gasteiger partial charge in [0.05, 0.1) is 17.4 Å². The van der Waals surface area contributed by atoms with Crippen molar-refractivity contribution in [3.05, 3.63) is 39.7 Å². The Bertz CT molecular complexity index is 649. The molecule has 0 bridgehead atoms. The first kappa shape index (κ1) is 14.2. The Kier molecular flexibility index (Phi) is 4.68. The number of carbonyl (C=O) groups excluding carboxylic acids is 1. The molecule has 0 aliphatic rings. The highest BCUT2D eigenvalue weighted by Gasteiger charge is 2.13. The second-order valence-corrected chi connectivity index (χ2v) is 6.12. The summed E-state index contributed by atoms with van der Waals surface area (Å²) in [6, 6.07) is 7.01. The van der Waals surface area contributed by atoms with Crippen LogP contribution in [0.25, 0.3) is 0 Å². The van der Waals surface area contributed by atoms with Crippen molar-refractivity contribution in [2.45, 2.75) is 20.0 Å². The van der Waals surface area contributed by atoms with Crippen LogP contribution in [0.1, 0.15) is 24.2 Å². The van der Waals surface area contributed by atoms with Crippen molar-refractivity contribution >= 4 is 44.1 Å². The highest BCUT2D eigenvalue weighted by Crippen LogP contribution is 2.20. The third-order valence-electron chi connectivity index (χ3n) is 2.10. The van der Waals surface area contributed by atoms with E-state index in [1.54, 1.807) is 32.0 Å². The van der Waals surface area contributed by atoms with Crippen molar-refractivity contribution in [2.24, 2.45) is 4.99 Å². The van der Waals surface area contributed by atoms with Gasteiger partial charge in [-0.25, -0.2) is 9.79 Å². The van der Waals surface area contributed by atoms with Crippen molar-refractivity contribution < 1.29 is 9.53 Å². The number of aromatic nitrogens is 1. The highest BCUT2D eigenvalue weighted by molar-refractivity contribution is 7.66. The number of carbonyl (C=O) groups is 1. The SMILES string of the molecule is CC(C)OC(=O)c1ccccc1N=c1ssnc1Cl. The van der Waals surface area contributed by atoms with Gasteiger partial charge in [-0.15, -0.1) is 0 Å². The Labute approximate surface area is 122 Å². The van der Waals surface area contributed by atoms with E-state index < -0.39 is 5.97 Å². The molecule has 1 heterocycles. The number of ether oxygens (including phenoxy) is 1. The summed E-state index contributed by atoms with van der Waals surface area (Å²) in [6.45, 7) is 3.61. The molecule has 0 amide bonds. The number of para-hydroxylation sites is 1. The van der Waals surface area contributed by atoms with Crippen LogP contribution in [0, 0.1) is 0 Å². The Balaban J connectivity index is 2.43. The van der Waals surface area contributed by atoms with E-state index in [4.69, 9.17) is 16.3 Å². The number of benzene rings is 1. The summed E-state index contributed by atoms with van der Waals surface area (Å²) in [5, 5.41) is 0.349. The molecule has 0 radical (unpaired) electrons. The fourth-order valence-electron chi connectivity index (χ4n) is 1.36. The number of halogens is 1. The van der Waals surface area contributed by atoms with E-state index in [-0.39, 0.29) is 6.10 Å². The highest BCUT2D eigenvalue weighted by atomic mass is 35.5. The van der Waals surface area contributed by atoms with Crippen LogP contribution in [0.3, 0.4) is 0 Å². The molecule has 0 atom stereocenters. The topological polar surface area (TPSA) is 51.5 Å². The molecule has 2 rings (SSSR count). The second kappa shape index (κ2) is 6.27. The minimum atomic E-state index is -0.390. The molecule has 0 aliphatic heterocycles. The van der Waals surface area contributed by atoms with Crippen LogP contribution in [0.15, 0.2) is 29.3 Å². The normalized spacial score (nSPS) is 11.9. The minimum Gasteiger partial charge on any atom is -0.459 e. The predicted molar refractivity (Wildman–Crippen MR) is 77.2 cm³/mol.